The Balaban J connectivity index is 1.24. The van der Waals surface area contributed by atoms with Gasteiger partial charge in [0.2, 0.25) is 0 Å². The number of hydrogen-bond donors (Lipinski definition) is 0. The van der Waals surface area contributed by atoms with E-state index in [2.05, 4.69) is 138 Å². The summed E-state index contributed by atoms with van der Waals surface area (Å²) in [6.45, 7) is 0. The third-order valence-corrected chi connectivity index (χ3v) is 12.2. The lowest BCUT2D eigenvalue weighted by Gasteiger charge is -2.25. The Labute approximate surface area is 264 Å². The average molecular weight is 615 g/mol. The van der Waals surface area contributed by atoms with Gasteiger partial charge in [0.1, 0.15) is 5.82 Å². The molecule has 0 saturated heterocycles. The van der Waals surface area contributed by atoms with Crippen LogP contribution < -0.4 is 4.90 Å². The van der Waals surface area contributed by atoms with Crippen LogP contribution in [0.4, 0.5) is 17.2 Å². The summed E-state index contributed by atoms with van der Waals surface area (Å²) in [6.07, 6.45) is 2.06. The summed E-state index contributed by atoms with van der Waals surface area (Å²) >= 11 is 5.54. The Kier molecular flexibility index (Phi) is 5.23. The number of aromatic nitrogens is 1. The van der Waals surface area contributed by atoms with Gasteiger partial charge >= 0.3 is 0 Å². The molecule has 5 heteroatoms. The van der Waals surface area contributed by atoms with Crippen molar-refractivity contribution in [1.82, 2.24) is 4.98 Å². The van der Waals surface area contributed by atoms with Crippen molar-refractivity contribution in [2.24, 2.45) is 0 Å². The highest BCUT2D eigenvalue weighted by molar-refractivity contribution is 7.27. The van der Waals surface area contributed by atoms with Crippen molar-refractivity contribution in [3.05, 3.63) is 134 Å². The summed E-state index contributed by atoms with van der Waals surface area (Å²) in [4.78, 5) is 7.47. The number of thiophene rings is 3. The van der Waals surface area contributed by atoms with E-state index in [1.54, 1.807) is 0 Å². The smallest absolute Gasteiger partial charge is 0.138 e. The van der Waals surface area contributed by atoms with Crippen LogP contribution in [0, 0.1) is 0 Å². The van der Waals surface area contributed by atoms with Gasteiger partial charge < -0.3 is 0 Å². The first-order valence-corrected chi connectivity index (χ1v) is 17.1. The van der Waals surface area contributed by atoms with E-state index in [1.165, 1.54) is 71.3 Å². The minimum Gasteiger partial charge on any atom is -0.295 e. The van der Waals surface area contributed by atoms with Crippen LogP contribution >= 0.6 is 34.0 Å². The van der Waals surface area contributed by atoms with Crippen LogP contribution in [0.15, 0.2) is 134 Å². The number of fused-ring (bicyclic) bond motifs is 11. The molecule has 0 bridgehead atoms. The highest BCUT2D eigenvalue weighted by Crippen LogP contribution is 2.45. The van der Waals surface area contributed by atoms with E-state index in [0.29, 0.717) is 0 Å². The molecular weight excluding hydrogens is 593 g/mol. The lowest BCUT2D eigenvalue weighted by Crippen LogP contribution is -2.11. The summed E-state index contributed by atoms with van der Waals surface area (Å²) in [5.41, 5.74) is 2.22. The van der Waals surface area contributed by atoms with Crippen LogP contribution in [0.5, 0.6) is 0 Å². The van der Waals surface area contributed by atoms with E-state index in [9.17, 15) is 0 Å². The van der Waals surface area contributed by atoms with E-state index in [0.717, 1.165) is 17.2 Å². The Morgan fingerprint density at radius 2 is 0.977 bits per heavy atom. The summed E-state index contributed by atoms with van der Waals surface area (Å²) < 4.78 is 7.75. The van der Waals surface area contributed by atoms with Gasteiger partial charge in [-0.15, -0.1) is 34.0 Å². The second-order valence-electron chi connectivity index (χ2n) is 11.2. The maximum Gasteiger partial charge on any atom is 0.138 e. The van der Waals surface area contributed by atoms with Gasteiger partial charge in [0.15, 0.2) is 0 Å². The number of nitrogens with zero attached hydrogens (tertiary/aromatic N) is 2. The lowest BCUT2D eigenvalue weighted by atomic mass is 10.1. The molecule has 2 nitrogen and oxygen atoms in total. The number of pyridine rings is 1. The van der Waals surface area contributed by atoms with Crippen molar-refractivity contribution < 1.29 is 0 Å². The van der Waals surface area contributed by atoms with Crippen molar-refractivity contribution >= 4 is 122 Å². The van der Waals surface area contributed by atoms with Crippen LogP contribution in [-0.4, -0.2) is 4.98 Å². The Morgan fingerprint density at radius 3 is 1.66 bits per heavy atom. The first-order valence-electron chi connectivity index (χ1n) is 14.6. The summed E-state index contributed by atoms with van der Waals surface area (Å²) in [6, 6.07) is 46.6. The van der Waals surface area contributed by atoms with E-state index < -0.39 is 0 Å². The first-order chi connectivity index (χ1) is 21.8. The minimum absolute atomic E-state index is 0.920. The maximum atomic E-state index is 5.14. The number of benzene rings is 6. The van der Waals surface area contributed by atoms with Crippen molar-refractivity contribution in [2.45, 2.75) is 0 Å². The zero-order valence-corrected chi connectivity index (χ0v) is 25.8. The molecule has 0 radical (unpaired) electrons. The fraction of sp³-hybridized carbons (Fsp3) is 0. The van der Waals surface area contributed by atoms with Gasteiger partial charge in [-0.2, -0.15) is 0 Å². The molecule has 0 spiro atoms. The highest BCUT2D eigenvalue weighted by Gasteiger charge is 2.19. The normalized spacial score (nSPS) is 12.1. The monoisotopic (exact) mass is 614 g/mol. The molecule has 0 unspecified atom stereocenters. The fourth-order valence-corrected chi connectivity index (χ4v) is 10.0. The Hall–Kier alpha value is -4.81. The van der Waals surface area contributed by atoms with E-state index in [4.69, 9.17) is 4.98 Å². The van der Waals surface area contributed by atoms with Crippen LogP contribution in [-0.2, 0) is 0 Å². The van der Waals surface area contributed by atoms with Crippen LogP contribution in [0.2, 0.25) is 0 Å². The van der Waals surface area contributed by atoms with Gasteiger partial charge in [-0.05, 0) is 65.4 Å². The molecule has 0 N–H and O–H groups in total. The first kappa shape index (κ1) is 24.6. The molecule has 0 aliphatic heterocycles. The average Bonchev–Trinajstić information content (AvgIpc) is 3.76. The van der Waals surface area contributed by atoms with Crippen molar-refractivity contribution in [3.8, 4) is 0 Å². The molecule has 44 heavy (non-hydrogen) atoms. The Morgan fingerprint density at radius 1 is 0.409 bits per heavy atom. The van der Waals surface area contributed by atoms with Crippen LogP contribution in [0.3, 0.4) is 0 Å². The van der Waals surface area contributed by atoms with Gasteiger partial charge in [-0.1, -0.05) is 72.8 Å². The maximum absolute atomic E-state index is 5.14. The highest BCUT2D eigenvalue weighted by atomic mass is 32.1. The molecule has 0 fully saturated rings. The zero-order chi connectivity index (χ0) is 28.8. The molecule has 6 aromatic carbocycles. The lowest BCUT2D eigenvalue weighted by molar-refractivity contribution is 1.20. The molecule has 0 saturated carbocycles. The standard InChI is InChI=1S/C39H22N2S3/c1-2-8-26-23(7-1)13-16-29-32-21-38(40-22-37(32)44-39(26)29)41(24-14-17-35-30(19-24)27-9-3-5-11-33(27)42-35)25-15-18-36-31(20-25)28-10-4-6-12-34(28)43-36/h1-22H. The summed E-state index contributed by atoms with van der Waals surface area (Å²) in [5.74, 6) is 0.920. The number of anilines is 3. The molecule has 4 heterocycles. The second-order valence-corrected chi connectivity index (χ2v) is 14.4. The van der Waals surface area contributed by atoms with Crippen molar-refractivity contribution in [3.63, 3.8) is 0 Å². The number of rotatable bonds is 3. The number of hydrogen-bond acceptors (Lipinski definition) is 5. The summed E-state index contributed by atoms with van der Waals surface area (Å²) in [7, 11) is 0. The van der Waals surface area contributed by atoms with E-state index >= 15 is 0 Å². The van der Waals surface area contributed by atoms with Crippen molar-refractivity contribution in [2.75, 3.05) is 4.90 Å². The predicted molar refractivity (Wildman–Crippen MR) is 195 cm³/mol. The Bertz CT molecular complexity index is 2630. The van der Waals surface area contributed by atoms with Crippen LogP contribution in [0.1, 0.15) is 0 Å². The molecule has 0 aliphatic carbocycles. The molecule has 10 rings (SSSR count). The van der Waals surface area contributed by atoms with Gasteiger partial charge in [-0.3, -0.25) is 4.90 Å². The van der Waals surface area contributed by atoms with Crippen LogP contribution in [0.25, 0.3) is 71.3 Å². The second kappa shape index (κ2) is 9.34. The van der Waals surface area contributed by atoms with Crippen molar-refractivity contribution in [1.29, 1.82) is 0 Å². The van der Waals surface area contributed by atoms with Gasteiger partial charge in [0.05, 0.1) is 4.70 Å². The fourth-order valence-electron chi connectivity index (χ4n) is 6.64. The molecule has 4 aromatic heterocycles. The largest absolute Gasteiger partial charge is 0.295 e. The quantitative estimate of drug-likeness (QED) is 0.197. The van der Waals surface area contributed by atoms with Gasteiger partial charge in [0, 0.05) is 73.4 Å². The minimum atomic E-state index is 0.920. The third-order valence-electron chi connectivity index (χ3n) is 8.70. The molecule has 0 amide bonds. The van der Waals surface area contributed by atoms with E-state index in [1.807, 2.05) is 34.0 Å². The molecule has 206 valence electrons. The van der Waals surface area contributed by atoms with Gasteiger partial charge in [-0.25, -0.2) is 4.98 Å². The van der Waals surface area contributed by atoms with E-state index in [-0.39, 0.29) is 0 Å². The zero-order valence-electron chi connectivity index (χ0n) is 23.3. The molecular formula is C39H22N2S3. The summed E-state index contributed by atoms with van der Waals surface area (Å²) in [5, 5.41) is 10.3. The predicted octanol–water partition coefficient (Wildman–Crippen LogP) is 12.8. The topological polar surface area (TPSA) is 16.1 Å². The molecule has 0 atom stereocenters. The molecule has 0 aliphatic rings. The third kappa shape index (κ3) is 3.61. The van der Waals surface area contributed by atoms with Gasteiger partial charge in [0.25, 0.3) is 0 Å². The SMILES string of the molecule is c1ccc2c(c1)ccc1c3cc(N(c4ccc5sc6ccccc6c5c4)c4ccc5sc6ccccc6c5c4)ncc3sc21. The molecule has 10 aromatic rings.